The van der Waals surface area contributed by atoms with Crippen LogP contribution in [-0.2, 0) is 10.0 Å². The number of aryl methyl sites for hydroxylation is 1. The van der Waals surface area contributed by atoms with E-state index >= 15 is 0 Å². The molecule has 0 aliphatic rings. The second kappa shape index (κ2) is 5.77. The van der Waals surface area contributed by atoms with E-state index in [9.17, 15) is 8.42 Å². The van der Waals surface area contributed by atoms with Crippen LogP contribution in [0.4, 0.5) is 5.69 Å². The molecule has 0 atom stereocenters. The first-order valence-electron chi connectivity index (χ1n) is 5.76. The van der Waals surface area contributed by atoms with Crippen molar-refractivity contribution in [2.45, 2.75) is 11.8 Å². The van der Waals surface area contributed by atoms with Crippen LogP contribution in [0.2, 0.25) is 0 Å². The summed E-state index contributed by atoms with van der Waals surface area (Å²) in [5.41, 5.74) is 1.30. The summed E-state index contributed by atoms with van der Waals surface area (Å²) in [7, 11) is -3.72. The fraction of sp³-hybridized carbons (Fsp3) is 0.154. The van der Waals surface area contributed by atoms with Crippen LogP contribution >= 0.6 is 0 Å². The number of aliphatic hydroxyl groups excluding tert-OH is 1. The molecule has 0 radical (unpaired) electrons. The molecule has 6 nitrogen and oxygen atoms in total. The summed E-state index contributed by atoms with van der Waals surface area (Å²) < 4.78 is 26.9. The van der Waals surface area contributed by atoms with Crippen LogP contribution in [0.3, 0.4) is 0 Å². The van der Waals surface area contributed by atoms with E-state index in [-0.39, 0.29) is 11.5 Å². The minimum atomic E-state index is -3.72. The molecule has 0 fully saturated rings. The number of aliphatic hydroxyl groups is 1. The van der Waals surface area contributed by atoms with Crippen molar-refractivity contribution in [3.05, 3.63) is 41.7 Å². The van der Waals surface area contributed by atoms with E-state index in [0.29, 0.717) is 16.9 Å². The van der Waals surface area contributed by atoms with Crippen LogP contribution in [-0.4, -0.2) is 30.3 Å². The number of benzene rings is 1. The van der Waals surface area contributed by atoms with Crippen LogP contribution in [0.15, 0.2) is 35.4 Å². The van der Waals surface area contributed by atoms with Crippen LogP contribution < -0.4 is 4.72 Å². The molecule has 1 heterocycles. The summed E-state index contributed by atoms with van der Waals surface area (Å²) in [6.45, 7) is 1.33. The molecule has 104 valence electrons. The predicted octanol–water partition coefficient (Wildman–Crippen LogP) is 0.863. The summed E-state index contributed by atoms with van der Waals surface area (Å²) in [5, 5.41) is 15.0. The number of nitrogens with one attached hydrogen (secondary N) is 2. The van der Waals surface area contributed by atoms with Gasteiger partial charge >= 0.3 is 0 Å². The first-order chi connectivity index (χ1) is 9.54. The fourth-order valence-corrected chi connectivity index (χ4v) is 2.84. The summed E-state index contributed by atoms with van der Waals surface area (Å²) in [5.74, 6) is 5.18. The number of aromatic amines is 1. The van der Waals surface area contributed by atoms with Gasteiger partial charge in [0.1, 0.15) is 11.5 Å². The molecule has 0 aliphatic carbocycles. The van der Waals surface area contributed by atoms with E-state index in [1.165, 1.54) is 6.20 Å². The van der Waals surface area contributed by atoms with Gasteiger partial charge < -0.3 is 5.11 Å². The third-order valence-corrected chi connectivity index (χ3v) is 4.03. The molecule has 7 heteroatoms. The Morgan fingerprint density at radius 3 is 2.80 bits per heavy atom. The number of hydrogen-bond donors (Lipinski definition) is 3. The van der Waals surface area contributed by atoms with Gasteiger partial charge in [-0.2, -0.15) is 5.10 Å². The zero-order chi connectivity index (χ0) is 14.6. The molecule has 2 rings (SSSR count). The number of hydrogen-bond acceptors (Lipinski definition) is 4. The van der Waals surface area contributed by atoms with Crippen LogP contribution in [0, 0.1) is 18.8 Å². The fourth-order valence-electron chi connectivity index (χ4n) is 1.63. The zero-order valence-electron chi connectivity index (χ0n) is 10.7. The zero-order valence-corrected chi connectivity index (χ0v) is 11.5. The smallest absolute Gasteiger partial charge is 0.265 e. The quantitative estimate of drug-likeness (QED) is 0.731. The topological polar surface area (TPSA) is 95.1 Å². The van der Waals surface area contributed by atoms with Gasteiger partial charge in [-0.1, -0.05) is 24.0 Å². The summed E-state index contributed by atoms with van der Waals surface area (Å²) in [6, 6.07) is 6.71. The molecule has 0 saturated heterocycles. The lowest BCUT2D eigenvalue weighted by Gasteiger charge is -2.08. The average molecular weight is 291 g/mol. The van der Waals surface area contributed by atoms with Crippen molar-refractivity contribution in [1.29, 1.82) is 0 Å². The Morgan fingerprint density at radius 2 is 2.15 bits per heavy atom. The summed E-state index contributed by atoms with van der Waals surface area (Å²) >= 11 is 0. The SMILES string of the molecule is Cc1[nH]ncc1S(=O)(=O)Nc1ccccc1C#CCO. The van der Waals surface area contributed by atoms with Gasteiger partial charge in [-0.05, 0) is 19.1 Å². The summed E-state index contributed by atoms with van der Waals surface area (Å²) in [6.07, 6.45) is 1.25. The molecule has 0 amide bonds. The molecule has 0 aliphatic heterocycles. The van der Waals surface area contributed by atoms with Crippen molar-refractivity contribution in [3.63, 3.8) is 0 Å². The van der Waals surface area contributed by atoms with E-state index in [4.69, 9.17) is 5.11 Å². The molecule has 2 aromatic rings. The first kappa shape index (κ1) is 14.1. The summed E-state index contributed by atoms with van der Waals surface area (Å²) in [4.78, 5) is 0.0856. The Bertz CT molecular complexity index is 769. The highest BCUT2D eigenvalue weighted by molar-refractivity contribution is 7.92. The Morgan fingerprint density at radius 1 is 1.40 bits per heavy atom. The average Bonchev–Trinajstić information content (AvgIpc) is 2.84. The highest BCUT2D eigenvalue weighted by Gasteiger charge is 2.19. The third-order valence-electron chi connectivity index (χ3n) is 2.55. The molecule has 0 bridgehead atoms. The standard InChI is InChI=1S/C13H13N3O3S/c1-10-13(9-14-15-10)20(18,19)16-12-7-3-2-5-11(12)6-4-8-17/h2-3,5,7,9,16-17H,8H2,1H3,(H,14,15). The minimum absolute atomic E-state index is 0.0856. The van der Waals surface area contributed by atoms with Gasteiger partial charge in [0.25, 0.3) is 10.0 Å². The van der Waals surface area contributed by atoms with E-state index in [1.54, 1.807) is 31.2 Å². The second-order valence-corrected chi connectivity index (χ2v) is 5.62. The highest BCUT2D eigenvalue weighted by atomic mass is 32.2. The van der Waals surface area contributed by atoms with Gasteiger partial charge in [0.15, 0.2) is 0 Å². The Labute approximate surface area is 116 Å². The van der Waals surface area contributed by atoms with Gasteiger partial charge in [0.05, 0.1) is 17.6 Å². The molecular formula is C13H13N3O3S. The number of rotatable bonds is 3. The number of para-hydroxylation sites is 1. The third kappa shape index (κ3) is 2.99. The van der Waals surface area contributed by atoms with E-state index in [1.807, 2.05) is 0 Å². The number of aromatic nitrogens is 2. The van der Waals surface area contributed by atoms with Crippen molar-refractivity contribution < 1.29 is 13.5 Å². The molecule has 0 spiro atoms. The first-order valence-corrected chi connectivity index (χ1v) is 7.24. The number of sulfonamides is 1. The van der Waals surface area contributed by atoms with Crippen molar-refractivity contribution in [2.24, 2.45) is 0 Å². The Kier molecular flexibility index (Phi) is 4.08. The maximum absolute atomic E-state index is 12.2. The number of anilines is 1. The predicted molar refractivity (Wildman–Crippen MR) is 74.5 cm³/mol. The second-order valence-electron chi connectivity index (χ2n) is 3.97. The lowest BCUT2D eigenvalue weighted by molar-refractivity contribution is 0.350. The molecule has 1 aromatic carbocycles. The van der Waals surface area contributed by atoms with Crippen molar-refractivity contribution in [1.82, 2.24) is 10.2 Å². The minimum Gasteiger partial charge on any atom is -0.384 e. The normalized spacial score (nSPS) is 10.7. The molecular weight excluding hydrogens is 278 g/mol. The molecule has 0 saturated carbocycles. The molecule has 3 N–H and O–H groups in total. The lowest BCUT2D eigenvalue weighted by atomic mass is 10.2. The van der Waals surface area contributed by atoms with E-state index in [0.717, 1.165) is 0 Å². The van der Waals surface area contributed by atoms with Crippen LogP contribution in [0.5, 0.6) is 0 Å². The highest BCUT2D eigenvalue weighted by Crippen LogP contribution is 2.20. The number of H-pyrrole nitrogens is 1. The van der Waals surface area contributed by atoms with Crippen LogP contribution in [0.25, 0.3) is 0 Å². The van der Waals surface area contributed by atoms with E-state index < -0.39 is 10.0 Å². The van der Waals surface area contributed by atoms with Crippen LogP contribution in [0.1, 0.15) is 11.3 Å². The maximum atomic E-state index is 12.2. The van der Waals surface area contributed by atoms with Crippen molar-refractivity contribution in [3.8, 4) is 11.8 Å². The van der Waals surface area contributed by atoms with Gasteiger partial charge in [0, 0.05) is 5.56 Å². The van der Waals surface area contributed by atoms with Gasteiger partial charge in [-0.15, -0.1) is 0 Å². The number of nitrogens with zero attached hydrogens (tertiary/aromatic N) is 1. The molecule has 1 aromatic heterocycles. The van der Waals surface area contributed by atoms with E-state index in [2.05, 4.69) is 26.8 Å². The Balaban J connectivity index is 2.38. The van der Waals surface area contributed by atoms with Gasteiger partial charge in [-0.25, -0.2) is 8.42 Å². The van der Waals surface area contributed by atoms with Gasteiger partial charge in [-0.3, -0.25) is 9.82 Å². The Hall–Kier alpha value is -2.30. The maximum Gasteiger partial charge on any atom is 0.265 e. The monoisotopic (exact) mass is 291 g/mol. The molecule has 0 unspecified atom stereocenters. The lowest BCUT2D eigenvalue weighted by Crippen LogP contribution is -2.14. The molecule has 20 heavy (non-hydrogen) atoms. The van der Waals surface area contributed by atoms with Crippen molar-refractivity contribution >= 4 is 15.7 Å². The largest absolute Gasteiger partial charge is 0.384 e. The van der Waals surface area contributed by atoms with Gasteiger partial charge in [0.2, 0.25) is 0 Å². The van der Waals surface area contributed by atoms with Crippen molar-refractivity contribution in [2.75, 3.05) is 11.3 Å².